The molecular weight excluding hydrogens is 293 g/mol. The second kappa shape index (κ2) is 6.69. The van der Waals surface area contributed by atoms with Crippen molar-refractivity contribution in [3.63, 3.8) is 0 Å². The second-order valence-corrected chi connectivity index (χ2v) is 5.97. The van der Waals surface area contributed by atoms with Gasteiger partial charge in [-0.05, 0) is 43.4 Å². The number of carbonyl (C=O) groups is 1. The average molecular weight is 314 g/mol. The van der Waals surface area contributed by atoms with Gasteiger partial charge in [-0.25, -0.2) is 0 Å². The van der Waals surface area contributed by atoms with Crippen molar-refractivity contribution >= 4 is 5.91 Å². The number of benzene rings is 1. The lowest BCUT2D eigenvalue weighted by Crippen LogP contribution is -2.32. The first-order valence-corrected chi connectivity index (χ1v) is 7.49. The quantitative estimate of drug-likeness (QED) is 0.895. The molecule has 1 aromatic rings. The smallest absolute Gasteiger partial charge is 0.350 e. The van der Waals surface area contributed by atoms with Crippen LogP contribution < -0.4 is 11.1 Å². The summed E-state index contributed by atoms with van der Waals surface area (Å²) in [5, 5.41) is 2.83. The number of rotatable bonds is 4. The van der Waals surface area contributed by atoms with Crippen molar-refractivity contribution < 1.29 is 18.0 Å². The minimum absolute atomic E-state index is 0.0760. The zero-order valence-corrected chi connectivity index (χ0v) is 12.5. The number of nitrogens with one attached hydrogen (secondary N) is 1. The van der Waals surface area contributed by atoms with Crippen molar-refractivity contribution in [1.82, 2.24) is 5.32 Å². The first kappa shape index (κ1) is 16.8. The standard InChI is InChI=1S/C16H21F3N2O/c1-10(11-5-7-13(8-6-11)16(17,18)19)21-15(22)9-12-3-2-4-14(12)20/h5-8,10,12,14H,2-4,9,20H2,1H3,(H,21,22)/t10?,12-,14+/m0/s1. The molecule has 2 rings (SSSR count). The van der Waals surface area contributed by atoms with E-state index in [4.69, 9.17) is 5.73 Å². The number of alkyl halides is 3. The molecule has 122 valence electrons. The summed E-state index contributed by atoms with van der Waals surface area (Å²) in [4.78, 5) is 12.0. The number of nitrogens with two attached hydrogens (primary N) is 1. The van der Waals surface area contributed by atoms with E-state index >= 15 is 0 Å². The molecule has 0 bridgehead atoms. The van der Waals surface area contributed by atoms with E-state index in [2.05, 4.69) is 5.32 Å². The van der Waals surface area contributed by atoms with Gasteiger partial charge < -0.3 is 11.1 Å². The van der Waals surface area contributed by atoms with Gasteiger partial charge >= 0.3 is 6.18 Å². The van der Waals surface area contributed by atoms with Gasteiger partial charge in [-0.3, -0.25) is 4.79 Å². The molecule has 0 radical (unpaired) electrons. The van der Waals surface area contributed by atoms with E-state index < -0.39 is 11.7 Å². The van der Waals surface area contributed by atoms with Gasteiger partial charge in [0.2, 0.25) is 5.91 Å². The van der Waals surface area contributed by atoms with Crippen molar-refractivity contribution in [1.29, 1.82) is 0 Å². The highest BCUT2D eigenvalue weighted by Crippen LogP contribution is 2.30. The third kappa shape index (κ3) is 4.22. The zero-order valence-electron chi connectivity index (χ0n) is 12.5. The highest BCUT2D eigenvalue weighted by Gasteiger charge is 2.30. The molecule has 1 unspecified atom stereocenters. The lowest BCUT2D eigenvalue weighted by molar-refractivity contribution is -0.137. The topological polar surface area (TPSA) is 55.1 Å². The van der Waals surface area contributed by atoms with Crippen LogP contribution in [0.2, 0.25) is 0 Å². The summed E-state index contributed by atoms with van der Waals surface area (Å²) in [5.41, 5.74) is 5.90. The molecule has 1 aliphatic rings. The second-order valence-electron chi connectivity index (χ2n) is 5.97. The highest BCUT2D eigenvalue weighted by atomic mass is 19.4. The Morgan fingerprint density at radius 1 is 1.32 bits per heavy atom. The molecule has 1 saturated carbocycles. The first-order chi connectivity index (χ1) is 10.3. The number of halogens is 3. The predicted octanol–water partition coefficient (Wildman–Crippen LogP) is 3.40. The molecule has 0 heterocycles. The molecule has 22 heavy (non-hydrogen) atoms. The molecule has 3 nitrogen and oxygen atoms in total. The monoisotopic (exact) mass is 314 g/mol. The van der Waals surface area contributed by atoms with Crippen molar-refractivity contribution in [3.05, 3.63) is 35.4 Å². The first-order valence-electron chi connectivity index (χ1n) is 7.49. The van der Waals surface area contributed by atoms with Crippen LogP contribution in [0.5, 0.6) is 0 Å². The van der Waals surface area contributed by atoms with Gasteiger partial charge in [0.15, 0.2) is 0 Å². The number of hydrogen-bond donors (Lipinski definition) is 2. The van der Waals surface area contributed by atoms with Crippen LogP contribution in [0.4, 0.5) is 13.2 Å². The van der Waals surface area contributed by atoms with Gasteiger partial charge in [0, 0.05) is 12.5 Å². The van der Waals surface area contributed by atoms with Crippen LogP contribution in [0.15, 0.2) is 24.3 Å². The summed E-state index contributed by atoms with van der Waals surface area (Å²) in [6.45, 7) is 1.76. The summed E-state index contributed by atoms with van der Waals surface area (Å²) in [6.07, 6.45) is -1.00. The van der Waals surface area contributed by atoms with E-state index in [9.17, 15) is 18.0 Å². The van der Waals surface area contributed by atoms with E-state index in [1.54, 1.807) is 6.92 Å². The minimum atomic E-state index is -4.34. The molecule has 1 amide bonds. The lowest BCUT2D eigenvalue weighted by Gasteiger charge is -2.19. The maximum atomic E-state index is 12.5. The Morgan fingerprint density at radius 2 is 1.95 bits per heavy atom. The Hall–Kier alpha value is -1.56. The predicted molar refractivity (Wildman–Crippen MR) is 77.9 cm³/mol. The van der Waals surface area contributed by atoms with E-state index in [-0.39, 0.29) is 23.9 Å². The van der Waals surface area contributed by atoms with Crippen molar-refractivity contribution in [2.45, 2.75) is 50.9 Å². The van der Waals surface area contributed by atoms with E-state index in [1.807, 2.05) is 0 Å². The third-order valence-electron chi connectivity index (χ3n) is 4.28. The summed E-state index contributed by atoms with van der Waals surface area (Å²) in [5.74, 6) is 0.106. The molecule has 1 fully saturated rings. The summed E-state index contributed by atoms with van der Waals surface area (Å²) < 4.78 is 37.5. The summed E-state index contributed by atoms with van der Waals surface area (Å²) in [6, 6.07) is 4.61. The van der Waals surface area contributed by atoms with Crippen LogP contribution in [-0.4, -0.2) is 11.9 Å². The lowest BCUT2D eigenvalue weighted by atomic mass is 9.99. The van der Waals surface area contributed by atoms with Crippen LogP contribution in [0, 0.1) is 5.92 Å². The molecule has 0 spiro atoms. The van der Waals surface area contributed by atoms with Gasteiger partial charge in [0.1, 0.15) is 0 Å². The van der Waals surface area contributed by atoms with Gasteiger partial charge in [0.25, 0.3) is 0 Å². The Bertz CT molecular complexity index is 513. The number of carbonyl (C=O) groups excluding carboxylic acids is 1. The molecule has 1 aliphatic carbocycles. The summed E-state index contributed by atoms with van der Waals surface area (Å²) >= 11 is 0. The largest absolute Gasteiger partial charge is 0.416 e. The van der Waals surface area contributed by atoms with Crippen molar-refractivity contribution in [2.24, 2.45) is 11.7 Å². The van der Waals surface area contributed by atoms with Gasteiger partial charge in [-0.15, -0.1) is 0 Å². The molecular formula is C16H21F3N2O. The van der Waals surface area contributed by atoms with E-state index in [0.29, 0.717) is 12.0 Å². The van der Waals surface area contributed by atoms with Crippen LogP contribution in [0.3, 0.4) is 0 Å². The van der Waals surface area contributed by atoms with Gasteiger partial charge in [-0.2, -0.15) is 13.2 Å². The molecule has 1 aromatic carbocycles. The van der Waals surface area contributed by atoms with Gasteiger partial charge in [-0.1, -0.05) is 18.6 Å². The van der Waals surface area contributed by atoms with Crippen molar-refractivity contribution in [2.75, 3.05) is 0 Å². The maximum absolute atomic E-state index is 12.5. The number of hydrogen-bond acceptors (Lipinski definition) is 2. The molecule has 0 aliphatic heterocycles. The van der Waals surface area contributed by atoms with Gasteiger partial charge in [0.05, 0.1) is 11.6 Å². The zero-order chi connectivity index (χ0) is 16.3. The maximum Gasteiger partial charge on any atom is 0.416 e. The molecule has 0 saturated heterocycles. The molecule has 6 heteroatoms. The highest BCUT2D eigenvalue weighted by molar-refractivity contribution is 5.76. The SMILES string of the molecule is CC(NC(=O)C[C@@H]1CCC[C@H]1N)c1ccc(C(F)(F)F)cc1. The molecule has 3 N–H and O–H groups in total. The van der Waals surface area contributed by atoms with Crippen LogP contribution >= 0.6 is 0 Å². The van der Waals surface area contributed by atoms with Crippen LogP contribution in [-0.2, 0) is 11.0 Å². The Labute approximate surface area is 128 Å². The average Bonchev–Trinajstić information content (AvgIpc) is 2.83. The number of amides is 1. The minimum Gasteiger partial charge on any atom is -0.350 e. The van der Waals surface area contributed by atoms with Crippen LogP contribution in [0.1, 0.15) is 49.8 Å². The third-order valence-corrected chi connectivity index (χ3v) is 4.28. The molecule has 3 atom stereocenters. The molecule has 0 aromatic heterocycles. The Balaban J connectivity index is 1.91. The fourth-order valence-electron chi connectivity index (χ4n) is 2.90. The Kier molecular flexibility index (Phi) is 5.11. The van der Waals surface area contributed by atoms with Crippen LogP contribution in [0.25, 0.3) is 0 Å². The summed E-state index contributed by atoms with van der Waals surface area (Å²) in [7, 11) is 0. The van der Waals surface area contributed by atoms with E-state index in [0.717, 1.165) is 31.4 Å². The Morgan fingerprint density at radius 3 is 2.45 bits per heavy atom. The fraction of sp³-hybridized carbons (Fsp3) is 0.562. The normalized spacial score (nSPS) is 23.3. The fourth-order valence-corrected chi connectivity index (χ4v) is 2.90. The van der Waals surface area contributed by atoms with E-state index in [1.165, 1.54) is 12.1 Å². The van der Waals surface area contributed by atoms with Crippen molar-refractivity contribution in [3.8, 4) is 0 Å².